The fourth-order valence-electron chi connectivity index (χ4n) is 3.56. The molecule has 3 heterocycles. The highest BCUT2D eigenvalue weighted by Crippen LogP contribution is 2.14. The quantitative estimate of drug-likeness (QED) is 0.470. The van der Waals surface area contributed by atoms with Crippen molar-refractivity contribution in [3.05, 3.63) is 87.8 Å². The Labute approximate surface area is 178 Å². The molecule has 8 heteroatoms. The van der Waals surface area contributed by atoms with Crippen LogP contribution in [0.1, 0.15) is 28.9 Å². The van der Waals surface area contributed by atoms with Gasteiger partial charge in [0.1, 0.15) is 16.8 Å². The summed E-state index contributed by atoms with van der Waals surface area (Å²) >= 11 is 0. The molecule has 0 aliphatic carbocycles. The highest BCUT2D eigenvalue weighted by atomic mass is 16.5. The molecule has 3 aromatic heterocycles. The van der Waals surface area contributed by atoms with E-state index < -0.39 is 5.91 Å². The van der Waals surface area contributed by atoms with Gasteiger partial charge in [-0.1, -0.05) is 36.4 Å². The van der Waals surface area contributed by atoms with Crippen LogP contribution in [0.3, 0.4) is 0 Å². The molecule has 0 spiro atoms. The van der Waals surface area contributed by atoms with Gasteiger partial charge in [0.25, 0.3) is 11.5 Å². The first-order valence-corrected chi connectivity index (χ1v) is 9.95. The van der Waals surface area contributed by atoms with Crippen molar-refractivity contribution in [2.24, 2.45) is 0 Å². The monoisotopic (exact) mass is 417 g/mol. The third-order valence-electron chi connectivity index (χ3n) is 5.23. The largest absolute Gasteiger partial charge is 0.383 e. The van der Waals surface area contributed by atoms with Crippen LogP contribution in [0.25, 0.3) is 16.7 Å². The number of ether oxygens (including phenoxy) is 1. The molecular weight excluding hydrogens is 394 g/mol. The predicted octanol–water partition coefficient (Wildman–Crippen LogP) is 2.27. The number of nitrogens with zero attached hydrogens (tertiary/aromatic N) is 3. The van der Waals surface area contributed by atoms with Gasteiger partial charge in [0.05, 0.1) is 23.6 Å². The zero-order valence-electron chi connectivity index (χ0n) is 17.3. The summed E-state index contributed by atoms with van der Waals surface area (Å²) in [5.41, 5.74) is 1.57. The fourth-order valence-corrected chi connectivity index (χ4v) is 3.56. The van der Waals surface area contributed by atoms with Gasteiger partial charge in [-0.15, -0.1) is 0 Å². The van der Waals surface area contributed by atoms with Crippen LogP contribution in [-0.4, -0.2) is 33.6 Å². The smallest absolute Gasteiger partial charge is 0.267 e. The van der Waals surface area contributed by atoms with Crippen molar-refractivity contribution < 1.29 is 9.53 Å². The molecule has 0 aliphatic rings. The van der Waals surface area contributed by atoms with Crippen LogP contribution >= 0.6 is 0 Å². The van der Waals surface area contributed by atoms with Gasteiger partial charge in [-0.05, 0) is 30.7 Å². The number of aromatic nitrogens is 3. The minimum absolute atomic E-state index is 0.0190. The van der Waals surface area contributed by atoms with Crippen LogP contribution in [0.4, 0.5) is 0 Å². The molecule has 4 rings (SSSR count). The lowest BCUT2D eigenvalue weighted by atomic mass is 10.1. The summed E-state index contributed by atoms with van der Waals surface area (Å²) in [6.45, 7) is 2.48. The Hall–Kier alpha value is -3.78. The van der Waals surface area contributed by atoms with Crippen LogP contribution < -0.4 is 16.4 Å². The summed E-state index contributed by atoms with van der Waals surface area (Å²) in [5, 5.41) is 11.9. The zero-order chi connectivity index (χ0) is 22.0. The Morgan fingerprint density at radius 1 is 1.19 bits per heavy atom. The third-order valence-corrected chi connectivity index (χ3v) is 5.23. The number of carbonyl (C=O) groups is 1. The van der Waals surface area contributed by atoms with E-state index in [4.69, 9.17) is 10.1 Å². The summed E-state index contributed by atoms with van der Waals surface area (Å²) in [6, 6.07) is 16.0. The lowest BCUT2D eigenvalue weighted by Gasteiger charge is -2.17. The summed E-state index contributed by atoms with van der Waals surface area (Å²) in [7, 11) is 1.56. The molecule has 8 nitrogen and oxygen atoms in total. The van der Waals surface area contributed by atoms with Crippen molar-refractivity contribution >= 4 is 22.6 Å². The maximum absolute atomic E-state index is 13.1. The first-order valence-electron chi connectivity index (χ1n) is 9.95. The maximum atomic E-state index is 13.1. The Morgan fingerprint density at radius 2 is 1.94 bits per heavy atom. The Kier molecular flexibility index (Phi) is 5.64. The second-order valence-electron chi connectivity index (χ2n) is 7.24. The summed E-state index contributed by atoms with van der Waals surface area (Å²) in [4.78, 5) is 30.8. The zero-order valence-corrected chi connectivity index (χ0v) is 17.3. The molecule has 0 unspecified atom stereocenters. The number of rotatable bonds is 6. The summed E-state index contributed by atoms with van der Waals surface area (Å²) < 4.78 is 8.16. The minimum atomic E-state index is -0.424. The van der Waals surface area contributed by atoms with Gasteiger partial charge in [0, 0.05) is 19.9 Å². The van der Waals surface area contributed by atoms with Gasteiger partial charge in [0.2, 0.25) is 0 Å². The average Bonchev–Trinajstić information content (AvgIpc) is 2.79. The maximum Gasteiger partial charge on any atom is 0.267 e. The molecule has 1 amide bonds. The molecule has 0 saturated heterocycles. The van der Waals surface area contributed by atoms with E-state index in [-0.39, 0.29) is 34.6 Å². The van der Waals surface area contributed by atoms with E-state index in [1.165, 1.54) is 10.5 Å². The third kappa shape index (κ3) is 3.85. The first kappa shape index (κ1) is 20.5. The van der Waals surface area contributed by atoms with Crippen molar-refractivity contribution in [1.29, 1.82) is 5.41 Å². The topological polar surface area (TPSA) is 101 Å². The number of nitrogens with one attached hydrogen (secondary N) is 2. The predicted molar refractivity (Wildman–Crippen MR) is 117 cm³/mol. The van der Waals surface area contributed by atoms with E-state index in [2.05, 4.69) is 10.3 Å². The number of fused-ring (bicyclic) bond motifs is 2. The standard InChI is InChI=1S/C23H23N5O3/c1-15(16-8-4-3-5-9-16)25-22(29)17-14-18-21(28(20(17)24)12-13-31-2)26-19-10-6-7-11-27(19)23(18)30/h3-11,14-15,24H,12-13H2,1-2H3,(H,25,29)/t15-/m0/s1. The summed E-state index contributed by atoms with van der Waals surface area (Å²) in [5.74, 6) is -0.424. The number of pyridine rings is 2. The van der Waals surface area contributed by atoms with E-state index >= 15 is 0 Å². The number of hydrogen-bond donors (Lipinski definition) is 2. The molecule has 2 N–H and O–H groups in total. The minimum Gasteiger partial charge on any atom is -0.383 e. The number of amides is 1. The van der Waals surface area contributed by atoms with Crippen LogP contribution in [0.15, 0.2) is 65.6 Å². The molecule has 0 radical (unpaired) electrons. The Balaban J connectivity index is 1.87. The molecule has 0 saturated carbocycles. The molecule has 158 valence electrons. The lowest BCUT2D eigenvalue weighted by Crippen LogP contribution is -2.36. The highest BCUT2D eigenvalue weighted by molar-refractivity contribution is 5.97. The van der Waals surface area contributed by atoms with Crippen LogP contribution in [0, 0.1) is 5.41 Å². The molecule has 4 aromatic rings. The molecule has 0 bridgehead atoms. The van der Waals surface area contributed by atoms with E-state index in [0.29, 0.717) is 17.9 Å². The SMILES string of the molecule is COCCn1c(=N)c(C(=O)N[C@@H](C)c2ccccc2)cc2c(=O)n3ccccc3nc21. The van der Waals surface area contributed by atoms with Crippen molar-refractivity contribution in [3.8, 4) is 0 Å². The fraction of sp³-hybridized carbons (Fsp3) is 0.217. The second-order valence-corrected chi connectivity index (χ2v) is 7.24. The molecular formula is C23H23N5O3. The van der Waals surface area contributed by atoms with E-state index in [9.17, 15) is 9.59 Å². The number of benzene rings is 1. The van der Waals surface area contributed by atoms with E-state index in [1.54, 1.807) is 36.1 Å². The van der Waals surface area contributed by atoms with Crippen molar-refractivity contribution in [2.45, 2.75) is 19.5 Å². The van der Waals surface area contributed by atoms with Crippen LogP contribution in [-0.2, 0) is 11.3 Å². The van der Waals surface area contributed by atoms with Gasteiger partial charge in [-0.3, -0.25) is 19.4 Å². The summed E-state index contributed by atoms with van der Waals surface area (Å²) in [6.07, 6.45) is 1.63. The second kappa shape index (κ2) is 8.53. The molecule has 1 atom stereocenters. The molecule has 0 fully saturated rings. The van der Waals surface area contributed by atoms with Gasteiger partial charge < -0.3 is 14.6 Å². The van der Waals surface area contributed by atoms with Crippen molar-refractivity contribution in [2.75, 3.05) is 13.7 Å². The normalized spacial score (nSPS) is 12.2. The number of carbonyl (C=O) groups excluding carboxylic acids is 1. The average molecular weight is 417 g/mol. The number of hydrogen-bond acceptors (Lipinski definition) is 5. The highest BCUT2D eigenvalue weighted by Gasteiger charge is 2.19. The van der Waals surface area contributed by atoms with E-state index in [1.807, 2.05) is 37.3 Å². The molecule has 1 aromatic carbocycles. The first-order chi connectivity index (χ1) is 15.0. The number of methoxy groups -OCH3 is 1. The van der Waals surface area contributed by atoms with Gasteiger partial charge in [0.15, 0.2) is 0 Å². The Bertz CT molecular complexity index is 1380. The van der Waals surface area contributed by atoms with Crippen molar-refractivity contribution in [1.82, 2.24) is 19.3 Å². The van der Waals surface area contributed by atoms with Gasteiger partial charge >= 0.3 is 0 Å². The van der Waals surface area contributed by atoms with Crippen LogP contribution in [0.5, 0.6) is 0 Å². The molecule has 31 heavy (non-hydrogen) atoms. The Morgan fingerprint density at radius 3 is 2.68 bits per heavy atom. The lowest BCUT2D eigenvalue weighted by molar-refractivity contribution is 0.0937. The van der Waals surface area contributed by atoms with E-state index in [0.717, 1.165) is 5.56 Å². The van der Waals surface area contributed by atoms with Crippen LogP contribution in [0.2, 0.25) is 0 Å². The molecule has 0 aliphatic heterocycles. The van der Waals surface area contributed by atoms with Crippen molar-refractivity contribution in [3.63, 3.8) is 0 Å². The van der Waals surface area contributed by atoms with Gasteiger partial charge in [-0.2, -0.15) is 0 Å². The van der Waals surface area contributed by atoms with Gasteiger partial charge in [-0.25, -0.2) is 4.98 Å².